The summed E-state index contributed by atoms with van der Waals surface area (Å²) in [6.45, 7) is 0.472. The molecule has 1 N–H and O–H groups in total. The summed E-state index contributed by atoms with van der Waals surface area (Å²) >= 11 is 1.66. The Morgan fingerprint density at radius 3 is 2.21 bits per heavy atom. The number of nitrogens with zero attached hydrogens (tertiary/aromatic N) is 1. The van der Waals surface area contributed by atoms with Gasteiger partial charge in [-0.05, 0) is 45.1 Å². The van der Waals surface area contributed by atoms with Crippen LogP contribution < -0.4 is 5.32 Å². The third-order valence-corrected chi connectivity index (χ3v) is 5.62. The number of thiophene rings is 1. The fourth-order valence-corrected chi connectivity index (χ4v) is 4.09. The zero-order valence-corrected chi connectivity index (χ0v) is 16.8. The molecule has 0 fully saturated rings. The number of nitrogens with one attached hydrogen (secondary N) is 1. The smallest absolute Gasteiger partial charge is 0.221 e. The lowest BCUT2D eigenvalue weighted by Gasteiger charge is -2.18. The first-order valence-electron chi connectivity index (χ1n) is 9.62. The fraction of sp³-hybridized carbons (Fsp3) is 0.120. The Labute approximate surface area is 175 Å². The second-order valence-corrected chi connectivity index (χ2v) is 7.73. The molecule has 0 unspecified atom stereocenters. The predicted octanol–water partition coefficient (Wildman–Crippen LogP) is 5.65. The largest absolute Gasteiger partial charge is 0.352 e. The van der Waals surface area contributed by atoms with Crippen LogP contribution >= 0.6 is 11.3 Å². The van der Waals surface area contributed by atoms with Gasteiger partial charge in [0.05, 0.1) is 0 Å². The number of rotatable bonds is 7. The van der Waals surface area contributed by atoms with Crippen molar-refractivity contribution in [3.63, 3.8) is 0 Å². The molecule has 144 valence electrons. The van der Waals surface area contributed by atoms with Crippen molar-refractivity contribution in [2.45, 2.75) is 18.9 Å². The molecule has 2 aromatic heterocycles. The van der Waals surface area contributed by atoms with E-state index in [1.54, 1.807) is 11.3 Å². The summed E-state index contributed by atoms with van der Waals surface area (Å²) in [5, 5.41) is 7.22. The van der Waals surface area contributed by atoms with E-state index in [0.29, 0.717) is 13.0 Å². The van der Waals surface area contributed by atoms with Crippen molar-refractivity contribution in [1.82, 2.24) is 10.3 Å². The van der Waals surface area contributed by atoms with Gasteiger partial charge in [0.2, 0.25) is 5.91 Å². The summed E-state index contributed by atoms with van der Waals surface area (Å²) in [5.41, 5.74) is 5.52. The van der Waals surface area contributed by atoms with Crippen LogP contribution in [0, 0.1) is 0 Å². The molecule has 4 rings (SSSR count). The molecule has 0 aliphatic carbocycles. The predicted molar refractivity (Wildman–Crippen MR) is 119 cm³/mol. The van der Waals surface area contributed by atoms with Crippen LogP contribution in [-0.4, -0.2) is 10.9 Å². The van der Waals surface area contributed by atoms with Crippen molar-refractivity contribution in [2.24, 2.45) is 0 Å². The van der Waals surface area contributed by atoms with E-state index < -0.39 is 0 Å². The lowest BCUT2D eigenvalue weighted by atomic mass is 9.88. The summed E-state index contributed by atoms with van der Waals surface area (Å²) in [6.07, 6.45) is 4.07. The molecule has 0 atom stereocenters. The lowest BCUT2D eigenvalue weighted by Crippen LogP contribution is -2.25. The van der Waals surface area contributed by atoms with E-state index >= 15 is 0 Å². The fourth-order valence-electron chi connectivity index (χ4n) is 3.43. The van der Waals surface area contributed by atoms with Crippen molar-refractivity contribution in [1.29, 1.82) is 0 Å². The zero-order chi connectivity index (χ0) is 19.9. The van der Waals surface area contributed by atoms with Crippen LogP contribution in [-0.2, 0) is 11.3 Å². The summed E-state index contributed by atoms with van der Waals surface area (Å²) in [4.78, 5) is 17.1. The number of amides is 1. The quantitative estimate of drug-likeness (QED) is 0.437. The topological polar surface area (TPSA) is 42.0 Å². The minimum absolute atomic E-state index is 0.0312. The second kappa shape index (κ2) is 9.30. The molecule has 2 aromatic carbocycles. The van der Waals surface area contributed by atoms with Crippen LogP contribution in [0.15, 0.2) is 96.0 Å². The van der Waals surface area contributed by atoms with E-state index in [9.17, 15) is 4.79 Å². The monoisotopic (exact) mass is 398 g/mol. The van der Waals surface area contributed by atoms with Crippen LogP contribution in [0.3, 0.4) is 0 Å². The molecule has 0 bridgehead atoms. The van der Waals surface area contributed by atoms with Crippen molar-refractivity contribution in [3.8, 4) is 11.1 Å². The molecule has 3 nitrogen and oxygen atoms in total. The minimum atomic E-state index is 0.0312. The number of carbonyl (C=O) groups excluding carboxylic acids is 1. The average molecular weight is 399 g/mol. The van der Waals surface area contributed by atoms with E-state index in [-0.39, 0.29) is 11.8 Å². The maximum absolute atomic E-state index is 12.8. The number of pyridine rings is 1. The van der Waals surface area contributed by atoms with Crippen molar-refractivity contribution in [2.75, 3.05) is 0 Å². The summed E-state index contributed by atoms with van der Waals surface area (Å²) < 4.78 is 0. The third-order valence-electron chi connectivity index (χ3n) is 4.93. The molecule has 29 heavy (non-hydrogen) atoms. The SMILES string of the molecule is O=C(CC(c1ccccc1)c1ccccc1)NCc1cncc(-c2ccsc2)c1. The standard InChI is InChI=1S/C25H22N2OS/c28-25(27-16-19-13-23(17-26-15-19)22-11-12-29-18-22)14-24(20-7-3-1-4-8-20)21-9-5-2-6-10-21/h1-13,15,17-18,24H,14,16H2,(H,27,28). The molecule has 0 spiro atoms. The molecule has 0 radical (unpaired) electrons. The molecule has 0 saturated carbocycles. The Balaban J connectivity index is 1.44. The van der Waals surface area contributed by atoms with E-state index in [1.807, 2.05) is 48.8 Å². The normalized spacial score (nSPS) is 10.8. The number of benzene rings is 2. The van der Waals surface area contributed by atoms with Crippen LogP contribution in [0.4, 0.5) is 0 Å². The van der Waals surface area contributed by atoms with Gasteiger partial charge in [-0.3, -0.25) is 9.78 Å². The van der Waals surface area contributed by atoms with Gasteiger partial charge in [-0.15, -0.1) is 0 Å². The van der Waals surface area contributed by atoms with Gasteiger partial charge in [0.1, 0.15) is 0 Å². The highest BCUT2D eigenvalue weighted by Gasteiger charge is 2.18. The molecule has 0 aliphatic heterocycles. The first kappa shape index (κ1) is 19.1. The Bertz CT molecular complexity index is 1010. The van der Waals surface area contributed by atoms with Gasteiger partial charge in [0.15, 0.2) is 0 Å². The molecule has 0 saturated heterocycles. The second-order valence-electron chi connectivity index (χ2n) is 6.95. The van der Waals surface area contributed by atoms with Crippen molar-refractivity contribution >= 4 is 17.2 Å². The average Bonchev–Trinajstić information content (AvgIpc) is 3.33. The molecule has 2 heterocycles. The van der Waals surface area contributed by atoms with Gasteiger partial charge >= 0.3 is 0 Å². The maximum atomic E-state index is 12.8. The van der Waals surface area contributed by atoms with Crippen molar-refractivity contribution in [3.05, 3.63) is 113 Å². The third kappa shape index (κ3) is 4.98. The van der Waals surface area contributed by atoms with Crippen LogP contribution in [0.2, 0.25) is 0 Å². The molecular weight excluding hydrogens is 376 g/mol. The minimum Gasteiger partial charge on any atom is -0.352 e. The Morgan fingerprint density at radius 1 is 0.897 bits per heavy atom. The van der Waals surface area contributed by atoms with E-state index in [4.69, 9.17) is 0 Å². The first-order chi connectivity index (χ1) is 14.3. The van der Waals surface area contributed by atoms with Gasteiger partial charge in [-0.25, -0.2) is 0 Å². The van der Waals surface area contributed by atoms with Crippen LogP contribution in [0.25, 0.3) is 11.1 Å². The molecule has 1 amide bonds. The molecular formula is C25H22N2OS. The van der Waals surface area contributed by atoms with Crippen molar-refractivity contribution < 1.29 is 4.79 Å². The van der Waals surface area contributed by atoms with Gasteiger partial charge in [-0.1, -0.05) is 60.7 Å². The lowest BCUT2D eigenvalue weighted by molar-refractivity contribution is -0.121. The molecule has 4 aromatic rings. The number of hydrogen-bond acceptors (Lipinski definition) is 3. The van der Waals surface area contributed by atoms with Gasteiger partial charge < -0.3 is 5.32 Å². The van der Waals surface area contributed by atoms with Crippen LogP contribution in [0.1, 0.15) is 29.0 Å². The van der Waals surface area contributed by atoms with Crippen LogP contribution in [0.5, 0.6) is 0 Å². The number of carbonyl (C=O) groups is 1. The highest BCUT2D eigenvalue weighted by molar-refractivity contribution is 7.08. The van der Waals surface area contributed by atoms with E-state index in [0.717, 1.165) is 27.8 Å². The number of aromatic nitrogens is 1. The maximum Gasteiger partial charge on any atom is 0.221 e. The van der Waals surface area contributed by atoms with Gasteiger partial charge in [0, 0.05) is 36.8 Å². The summed E-state index contributed by atoms with van der Waals surface area (Å²) in [7, 11) is 0. The highest BCUT2D eigenvalue weighted by atomic mass is 32.1. The highest BCUT2D eigenvalue weighted by Crippen LogP contribution is 2.28. The van der Waals surface area contributed by atoms with Gasteiger partial charge in [-0.2, -0.15) is 11.3 Å². The van der Waals surface area contributed by atoms with E-state index in [1.165, 1.54) is 0 Å². The Hall–Kier alpha value is -3.24. The molecule has 0 aliphatic rings. The number of hydrogen-bond donors (Lipinski definition) is 1. The summed E-state index contributed by atoms with van der Waals surface area (Å²) in [6, 6.07) is 24.6. The zero-order valence-electron chi connectivity index (χ0n) is 16.0. The van der Waals surface area contributed by atoms with Gasteiger partial charge in [0.25, 0.3) is 0 Å². The summed E-state index contributed by atoms with van der Waals surface area (Å²) in [5.74, 6) is 0.0660. The first-order valence-corrected chi connectivity index (χ1v) is 10.6. The Kier molecular flexibility index (Phi) is 6.13. The van der Waals surface area contributed by atoms with E-state index in [2.05, 4.69) is 57.5 Å². The Morgan fingerprint density at radius 2 is 1.59 bits per heavy atom. The molecule has 4 heteroatoms.